The Hall–Kier alpha value is -2.93. The molecule has 0 saturated carbocycles. The number of aromatic nitrogens is 4. The molecule has 2 N–H and O–H groups in total. The van der Waals surface area contributed by atoms with E-state index < -0.39 is 0 Å². The van der Waals surface area contributed by atoms with E-state index in [0.717, 1.165) is 22.7 Å². The summed E-state index contributed by atoms with van der Waals surface area (Å²) >= 11 is 0. The number of tetrazole rings is 1. The molecule has 23 heavy (non-hydrogen) atoms. The molecular weight excluding hydrogens is 294 g/mol. The summed E-state index contributed by atoms with van der Waals surface area (Å²) in [5, 5.41) is 24.5. The Balaban J connectivity index is 1.94. The minimum Gasteiger partial charge on any atom is -0.495 e. The van der Waals surface area contributed by atoms with Crippen molar-refractivity contribution in [1.82, 2.24) is 20.2 Å². The molecule has 7 nitrogen and oxygen atoms in total. The quantitative estimate of drug-likeness (QED) is 0.725. The number of aliphatic hydroxyl groups is 1. The van der Waals surface area contributed by atoms with Gasteiger partial charge in [0.05, 0.1) is 25.9 Å². The molecule has 0 saturated heterocycles. The summed E-state index contributed by atoms with van der Waals surface area (Å²) in [6.45, 7) is 0.284. The van der Waals surface area contributed by atoms with Gasteiger partial charge < -0.3 is 15.2 Å². The lowest BCUT2D eigenvalue weighted by atomic mass is 10.1. The fourth-order valence-electron chi connectivity index (χ4n) is 2.22. The van der Waals surface area contributed by atoms with Crippen LogP contribution in [-0.2, 0) is 6.54 Å². The van der Waals surface area contributed by atoms with Gasteiger partial charge in [0.2, 0.25) is 5.82 Å². The first-order chi connectivity index (χ1) is 11.3. The smallest absolute Gasteiger partial charge is 0.207 e. The van der Waals surface area contributed by atoms with Gasteiger partial charge in [-0.2, -0.15) is 4.80 Å². The fourth-order valence-corrected chi connectivity index (χ4v) is 2.22. The second-order valence-corrected chi connectivity index (χ2v) is 4.80. The third-order valence-corrected chi connectivity index (χ3v) is 3.30. The molecule has 0 aliphatic carbocycles. The zero-order valence-electron chi connectivity index (χ0n) is 12.7. The Kier molecular flexibility index (Phi) is 4.49. The second-order valence-electron chi connectivity index (χ2n) is 4.80. The number of hydrogen-bond acceptors (Lipinski definition) is 6. The molecule has 3 rings (SSSR count). The highest BCUT2D eigenvalue weighted by molar-refractivity contribution is 5.79. The van der Waals surface area contributed by atoms with Crippen molar-refractivity contribution in [3.63, 3.8) is 0 Å². The molecule has 3 aromatic rings. The number of methoxy groups -OCH3 is 1. The van der Waals surface area contributed by atoms with Crippen molar-refractivity contribution in [1.29, 1.82) is 0 Å². The van der Waals surface area contributed by atoms with Crippen LogP contribution in [0.25, 0.3) is 11.4 Å². The summed E-state index contributed by atoms with van der Waals surface area (Å²) in [7, 11) is 1.63. The van der Waals surface area contributed by atoms with Gasteiger partial charge in [-0.3, -0.25) is 0 Å². The van der Waals surface area contributed by atoms with Crippen molar-refractivity contribution < 1.29 is 9.84 Å². The number of ether oxygens (including phenoxy) is 1. The maximum absolute atomic E-state index is 8.95. The van der Waals surface area contributed by atoms with Crippen molar-refractivity contribution in [3.05, 3.63) is 48.5 Å². The second kappa shape index (κ2) is 6.89. The van der Waals surface area contributed by atoms with E-state index in [4.69, 9.17) is 9.84 Å². The maximum Gasteiger partial charge on any atom is 0.207 e. The van der Waals surface area contributed by atoms with Crippen molar-refractivity contribution in [2.24, 2.45) is 0 Å². The summed E-state index contributed by atoms with van der Waals surface area (Å²) in [4.78, 5) is 1.37. The van der Waals surface area contributed by atoms with Crippen molar-refractivity contribution in [3.8, 4) is 17.1 Å². The first-order valence-corrected chi connectivity index (χ1v) is 7.20. The van der Waals surface area contributed by atoms with Gasteiger partial charge in [0.1, 0.15) is 5.75 Å². The van der Waals surface area contributed by atoms with Gasteiger partial charge in [-0.05, 0) is 29.5 Å². The molecule has 0 atom stereocenters. The molecule has 2 aromatic carbocycles. The lowest BCUT2D eigenvalue weighted by molar-refractivity contribution is 0.259. The van der Waals surface area contributed by atoms with E-state index in [-0.39, 0.29) is 6.61 Å². The number of benzene rings is 2. The van der Waals surface area contributed by atoms with Gasteiger partial charge in [-0.25, -0.2) is 0 Å². The molecule has 0 fully saturated rings. The van der Waals surface area contributed by atoms with E-state index in [0.29, 0.717) is 12.4 Å². The van der Waals surface area contributed by atoms with Crippen LogP contribution in [0, 0.1) is 0 Å². The minimum atomic E-state index is -0.0308. The molecule has 1 heterocycles. The molecular formula is C16H17N5O2. The Labute approximate surface area is 133 Å². The molecule has 7 heteroatoms. The lowest BCUT2D eigenvalue weighted by Crippen LogP contribution is -2.05. The minimum absolute atomic E-state index is 0.0308. The van der Waals surface area contributed by atoms with E-state index in [1.807, 2.05) is 48.5 Å². The van der Waals surface area contributed by atoms with E-state index in [9.17, 15) is 0 Å². The highest BCUT2D eigenvalue weighted by Crippen LogP contribution is 2.31. The molecule has 0 aliphatic heterocycles. The topological polar surface area (TPSA) is 85.1 Å². The van der Waals surface area contributed by atoms with Crippen molar-refractivity contribution in [2.45, 2.75) is 6.54 Å². The predicted octanol–water partition coefficient (Wildman–Crippen LogP) is 2.08. The number of nitrogens with one attached hydrogen (secondary N) is 1. The molecule has 0 amide bonds. The van der Waals surface area contributed by atoms with Gasteiger partial charge in [0, 0.05) is 11.3 Å². The zero-order chi connectivity index (χ0) is 16.1. The largest absolute Gasteiger partial charge is 0.495 e. The molecule has 0 unspecified atom stereocenters. The Morgan fingerprint density at radius 3 is 2.61 bits per heavy atom. The van der Waals surface area contributed by atoms with Crippen LogP contribution in [-0.4, -0.2) is 39.0 Å². The van der Waals surface area contributed by atoms with Crippen LogP contribution >= 0.6 is 0 Å². The van der Waals surface area contributed by atoms with Gasteiger partial charge >= 0.3 is 0 Å². The highest BCUT2D eigenvalue weighted by Gasteiger charge is 2.12. The average molecular weight is 311 g/mol. The van der Waals surface area contributed by atoms with Crippen LogP contribution in [0.15, 0.2) is 48.5 Å². The number of para-hydroxylation sites is 3. The SMILES string of the molecule is COc1ccccc1Nc1ccccc1-c1nnn(CCO)n1. The standard InChI is InChI=1S/C16H17N5O2/c1-23-15-9-5-4-8-14(15)17-13-7-3-2-6-12(13)16-18-20-21(19-16)10-11-22/h2-9,17,22H,10-11H2,1H3. The maximum atomic E-state index is 8.95. The molecule has 0 radical (unpaired) electrons. The Morgan fingerprint density at radius 1 is 1.09 bits per heavy atom. The van der Waals surface area contributed by atoms with Crippen molar-refractivity contribution >= 4 is 11.4 Å². The lowest BCUT2D eigenvalue weighted by Gasteiger charge is -2.13. The number of anilines is 2. The molecule has 118 valence electrons. The van der Waals surface area contributed by atoms with Gasteiger partial charge in [0.25, 0.3) is 0 Å². The molecule has 0 spiro atoms. The molecule has 1 aromatic heterocycles. The zero-order valence-corrected chi connectivity index (χ0v) is 12.7. The molecule has 0 bridgehead atoms. The van der Waals surface area contributed by atoms with E-state index in [2.05, 4.69) is 20.7 Å². The number of rotatable bonds is 6. The summed E-state index contributed by atoms with van der Waals surface area (Å²) < 4.78 is 5.36. The summed E-state index contributed by atoms with van der Waals surface area (Å²) in [6.07, 6.45) is 0. The van der Waals surface area contributed by atoms with Gasteiger partial charge in [0.15, 0.2) is 0 Å². The Morgan fingerprint density at radius 2 is 1.83 bits per heavy atom. The van der Waals surface area contributed by atoms with Gasteiger partial charge in [-0.15, -0.1) is 10.2 Å². The van der Waals surface area contributed by atoms with E-state index in [1.165, 1.54) is 4.80 Å². The third-order valence-electron chi connectivity index (χ3n) is 3.30. The van der Waals surface area contributed by atoms with Crippen LogP contribution in [0.5, 0.6) is 5.75 Å². The van der Waals surface area contributed by atoms with Gasteiger partial charge in [-0.1, -0.05) is 24.3 Å². The predicted molar refractivity (Wildman–Crippen MR) is 86.6 cm³/mol. The third kappa shape index (κ3) is 3.29. The van der Waals surface area contributed by atoms with Crippen LogP contribution in [0.3, 0.4) is 0 Å². The van der Waals surface area contributed by atoms with Crippen molar-refractivity contribution in [2.75, 3.05) is 19.0 Å². The molecule has 0 aliphatic rings. The van der Waals surface area contributed by atoms with E-state index >= 15 is 0 Å². The number of aliphatic hydroxyl groups excluding tert-OH is 1. The normalized spacial score (nSPS) is 10.5. The monoisotopic (exact) mass is 311 g/mol. The number of nitrogens with zero attached hydrogens (tertiary/aromatic N) is 4. The fraction of sp³-hybridized carbons (Fsp3) is 0.188. The van der Waals surface area contributed by atoms with Crippen LogP contribution in [0.4, 0.5) is 11.4 Å². The average Bonchev–Trinajstić information content (AvgIpc) is 3.05. The van der Waals surface area contributed by atoms with E-state index in [1.54, 1.807) is 7.11 Å². The Bertz CT molecular complexity index is 787. The highest BCUT2D eigenvalue weighted by atomic mass is 16.5. The summed E-state index contributed by atoms with van der Waals surface area (Å²) in [5.74, 6) is 1.25. The first-order valence-electron chi connectivity index (χ1n) is 7.20. The van der Waals surface area contributed by atoms with Crippen LogP contribution < -0.4 is 10.1 Å². The van der Waals surface area contributed by atoms with Crippen LogP contribution in [0.1, 0.15) is 0 Å². The first kappa shape index (κ1) is 15.0. The summed E-state index contributed by atoms with van der Waals surface area (Å²) in [5.41, 5.74) is 2.52. The summed E-state index contributed by atoms with van der Waals surface area (Å²) in [6, 6.07) is 15.4. The number of hydrogen-bond donors (Lipinski definition) is 2. The van der Waals surface area contributed by atoms with Crippen LogP contribution in [0.2, 0.25) is 0 Å².